The van der Waals surface area contributed by atoms with Crippen molar-refractivity contribution < 1.29 is 13.6 Å². The van der Waals surface area contributed by atoms with Gasteiger partial charge in [-0.3, -0.25) is 14.5 Å². The molecule has 158 valence electrons. The molecule has 2 saturated heterocycles. The lowest BCUT2D eigenvalue weighted by molar-refractivity contribution is -0.162. The van der Waals surface area contributed by atoms with E-state index in [1.807, 2.05) is 10.6 Å². The Labute approximate surface area is 169 Å². The maximum Gasteiger partial charge on any atom is 0.255 e. The van der Waals surface area contributed by atoms with Gasteiger partial charge in [-0.05, 0) is 44.3 Å². The van der Waals surface area contributed by atoms with E-state index in [1.54, 1.807) is 4.90 Å². The Kier molecular flexibility index (Phi) is 4.76. The largest absolute Gasteiger partial charge is 0.341 e. The quantitative estimate of drug-likeness (QED) is 0.777. The number of piperidine rings is 2. The summed E-state index contributed by atoms with van der Waals surface area (Å²) in [6.45, 7) is 4.59. The third-order valence-electron chi connectivity index (χ3n) is 7.28. The van der Waals surface area contributed by atoms with Gasteiger partial charge in [-0.25, -0.2) is 8.78 Å². The minimum absolute atomic E-state index is 0.112. The lowest BCUT2D eigenvalue weighted by atomic mass is 9.78. The monoisotopic (exact) mass is 405 g/mol. The van der Waals surface area contributed by atoms with Crippen molar-refractivity contribution >= 4 is 5.91 Å². The number of hydrogen-bond acceptors (Lipinski definition) is 3. The second-order valence-corrected chi connectivity index (χ2v) is 9.54. The van der Waals surface area contributed by atoms with Crippen molar-refractivity contribution in [3.05, 3.63) is 33.7 Å². The number of carbonyl (C=O) groups is 1. The van der Waals surface area contributed by atoms with Crippen LogP contribution in [-0.4, -0.2) is 52.4 Å². The Bertz CT molecular complexity index is 854. The van der Waals surface area contributed by atoms with E-state index < -0.39 is 11.8 Å². The van der Waals surface area contributed by atoms with E-state index in [0.717, 1.165) is 37.3 Å². The summed E-state index contributed by atoms with van der Waals surface area (Å²) in [5.74, 6) is -2.96. The summed E-state index contributed by atoms with van der Waals surface area (Å²) in [5, 5.41) is 0. The van der Waals surface area contributed by atoms with Gasteiger partial charge in [-0.1, -0.05) is 12.5 Å². The first-order chi connectivity index (χ1) is 13.9. The van der Waals surface area contributed by atoms with Crippen LogP contribution < -0.4 is 5.56 Å². The van der Waals surface area contributed by atoms with E-state index in [2.05, 4.69) is 11.0 Å². The molecule has 2 bridgehead atoms. The number of carbonyl (C=O) groups excluding carboxylic acids is 1. The average Bonchev–Trinajstić information content (AvgIpc) is 2.69. The summed E-state index contributed by atoms with van der Waals surface area (Å²) >= 11 is 0. The van der Waals surface area contributed by atoms with E-state index in [0.29, 0.717) is 19.6 Å². The Hall–Kier alpha value is -1.76. The Morgan fingerprint density at radius 3 is 2.55 bits per heavy atom. The zero-order chi connectivity index (χ0) is 20.2. The molecule has 1 aromatic heterocycles. The molecule has 2 atom stereocenters. The Morgan fingerprint density at radius 2 is 1.83 bits per heavy atom. The first kappa shape index (κ1) is 19.2. The number of halogens is 2. The Morgan fingerprint density at radius 1 is 1.07 bits per heavy atom. The molecule has 0 radical (unpaired) electrons. The van der Waals surface area contributed by atoms with Crippen LogP contribution in [0.1, 0.15) is 55.7 Å². The topological polar surface area (TPSA) is 45.6 Å². The van der Waals surface area contributed by atoms with Gasteiger partial charge in [-0.2, -0.15) is 0 Å². The van der Waals surface area contributed by atoms with Crippen LogP contribution in [0.2, 0.25) is 0 Å². The van der Waals surface area contributed by atoms with Crippen LogP contribution in [0.25, 0.3) is 0 Å². The zero-order valence-corrected chi connectivity index (χ0v) is 16.8. The smallest absolute Gasteiger partial charge is 0.255 e. The van der Waals surface area contributed by atoms with Crippen molar-refractivity contribution in [3.8, 4) is 0 Å². The normalized spacial score (nSPS) is 29.2. The molecule has 7 heteroatoms. The highest BCUT2D eigenvalue weighted by atomic mass is 19.3. The van der Waals surface area contributed by atoms with Crippen molar-refractivity contribution in [2.45, 2.75) is 63.5 Å². The number of likely N-dealkylation sites (tertiary alicyclic amines) is 2. The molecular formula is C22H29F2N3O2. The standard InChI is InChI=1S/C22H29F2N3O2/c23-22(24)9-18(10-22)20(28)26-11-15-8-17(14-26)19-5-4-16(21(29)27(19)12-15)13-25-6-2-1-3-7-25/h4-5,15,17-18H,1-3,6-14H2/t15-,17+/m0/s1. The number of rotatable bonds is 3. The first-order valence-electron chi connectivity index (χ1n) is 11.0. The average molecular weight is 405 g/mol. The second kappa shape index (κ2) is 7.18. The van der Waals surface area contributed by atoms with Crippen LogP contribution in [0, 0.1) is 11.8 Å². The van der Waals surface area contributed by atoms with Crippen molar-refractivity contribution in [2.24, 2.45) is 11.8 Å². The van der Waals surface area contributed by atoms with Gasteiger partial charge < -0.3 is 9.47 Å². The van der Waals surface area contributed by atoms with E-state index in [9.17, 15) is 18.4 Å². The van der Waals surface area contributed by atoms with Gasteiger partial charge in [0.15, 0.2) is 0 Å². The molecule has 1 aromatic rings. The van der Waals surface area contributed by atoms with Gasteiger partial charge in [0.05, 0.1) is 0 Å². The summed E-state index contributed by atoms with van der Waals surface area (Å²) in [7, 11) is 0. The lowest BCUT2D eigenvalue weighted by Crippen LogP contribution is -2.53. The molecule has 4 heterocycles. The van der Waals surface area contributed by atoms with Crippen molar-refractivity contribution in [1.29, 1.82) is 0 Å². The molecule has 0 spiro atoms. The number of aromatic nitrogens is 1. The van der Waals surface area contributed by atoms with E-state index in [-0.39, 0.29) is 36.1 Å². The predicted molar refractivity (Wildman–Crippen MR) is 105 cm³/mol. The fourth-order valence-electron chi connectivity index (χ4n) is 5.74. The van der Waals surface area contributed by atoms with Crippen LogP contribution in [0.4, 0.5) is 8.78 Å². The number of hydrogen-bond donors (Lipinski definition) is 0. The number of amides is 1. The molecule has 4 aliphatic rings. The second-order valence-electron chi connectivity index (χ2n) is 9.54. The third-order valence-corrected chi connectivity index (χ3v) is 7.28. The summed E-state index contributed by atoms with van der Waals surface area (Å²) in [6.07, 6.45) is 4.02. The molecule has 1 saturated carbocycles. The maximum absolute atomic E-state index is 13.2. The minimum atomic E-state index is -2.67. The summed E-state index contributed by atoms with van der Waals surface area (Å²) in [5.41, 5.74) is 1.98. The fourth-order valence-corrected chi connectivity index (χ4v) is 5.74. The highest BCUT2D eigenvalue weighted by Crippen LogP contribution is 2.44. The van der Waals surface area contributed by atoms with Crippen molar-refractivity contribution in [2.75, 3.05) is 26.2 Å². The van der Waals surface area contributed by atoms with Gasteiger partial charge in [0.2, 0.25) is 11.8 Å². The molecule has 5 rings (SSSR count). The number of pyridine rings is 1. The van der Waals surface area contributed by atoms with Crippen molar-refractivity contribution in [3.63, 3.8) is 0 Å². The lowest BCUT2D eigenvalue weighted by Gasteiger charge is -2.45. The molecule has 0 unspecified atom stereocenters. The van der Waals surface area contributed by atoms with Gasteiger partial charge in [-0.15, -0.1) is 0 Å². The van der Waals surface area contributed by atoms with Crippen LogP contribution >= 0.6 is 0 Å². The molecule has 0 N–H and O–H groups in total. The van der Waals surface area contributed by atoms with Gasteiger partial charge in [0.25, 0.3) is 5.56 Å². The van der Waals surface area contributed by atoms with Gasteiger partial charge >= 0.3 is 0 Å². The fraction of sp³-hybridized carbons (Fsp3) is 0.727. The molecule has 0 aromatic carbocycles. The van der Waals surface area contributed by atoms with Crippen molar-refractivity contribution in [1.82, 2.24) is 14.4 Å². The molecule has 1 aliphatic carbocycles. The molecule has 3 aliphatic heterocycles. The van der Waals surface area contributed by atoms with E-state index in [1.165, 1.54) is 19.3 Å². The highest BCUT2D eigenvalue weighted by molar-refractivity contribution is 5.80. The molecule has 29 heavy (non-hydrogen) atoms. The first-order valence-corrected chi connectivity index (χ1v) is 11.0. The molecule has 3 fully saturated rings. The van der Waals surface area contributed by atoms with Gasteiger partial charge in [0.1, 0.15) is 0 Å². The van der Waals surface area contributed by atoms with Crippen LogP contribution in [-0.2, 0) is 17.9 Å². The third kappa shape index (κ3) is 3.62. The minimum Gasteiger partial charge on any atom is -0.341 e. The van der Waals surface area contributed by atoms with Crippen LogP contribution in [0.3, 0.4) is 0 Å². The molecular weight excluding hydrogens is 376 g/mol. The maximum atomic E-state index is 13.2. The molecule has 1 amide bonds. The molecule has 5 nitrogen and oxygen atoms in total. The van der Waals surface area contributed by atoms with Crippen LogP contribution in [0.5, 0.6) is 0 Å². The number of nitrogens with zero attached hydrogens (tertiary/aromatic N) is 3. The summed E-state index contributed by atoms with van der Waals surface area (Å²) in [6, 6.07) is 4.03. The van der Waals surface area contributed by atoms with E-state index in [4.69, 9.17) is 0 Å². The SMILES string of the molecule is O=C(C1CC(F)(F)C1)N1C[C@@H]2C[C@H](C1)c1ccc(CN3CCCCC3)c(=O)n1C2. The van der Waals surface area contributed by atoms with Gasteiger partial charge in [0, 0.05) is 62.1 Å². The van der Waals surface area contributed by atoms with Crippen LogP contribution in [0.15, 0.2) is 16.9 Å². The summed E-state index contributed by atoms with van der Waals surface area (Å²) in [4.78, 5) is 30.0. The summed E-state index contributed by atoms with van der Waals surface area (Å²) < 4.78 is 28.3. The number of alkyl halides is 2. The Balaban J connectivity index is 1.32. The zero-order valence-electron chi connectivity index (χ0n) is 16.8. The number of fused-ring (bicyclic) bond motifs is 4. The highest BCUT2D eigenvalue weighted by Gasteiger charge is 2.50. The predicted octanol–water partition coefficient (Wildman–Crippen LogP) is 2.83. The van der Waals surface area contributed by atoms with E-state index >= 15 is 0 Å².